The molecule has 0 spiro atoms. The fourth-order valence-corrected chi connectivity index (χ4v) is 1.81. The number of ether oxygens (including phenoxy) is 1. The SMILES string of the molecule is CC(C)NCc1ncn(C2CCOCC2)n1. The second-order valence-corrected chi connectivity index (χ2v) is 4.52. The molecule has 1 aromatic rings. The first kappa shape index (κ1) is 11.5. The molecule has 0 saturated carbocycles. The van der Waals surface area contributed by atoms with Crippen LogP contribution in [0.2, 0.25) is 0 Å². The van der Waals surface area contributed by atoms with Crippen molar-refractivity contribution in [2.75, 3.05) is 13.2 Å². The summed E-state index contributed by atoms with van der Waals surface area (Å²) in [6, 6.07) is 0.934. The molecular weight excluding hydrogens is 204 g/mol. The second kappa shape index (κ2) is 5.41. The van der Waals surface area contributed by atoms with Gasteiger partial charge in [-0.2, -0.15) is 5.10 Å². The summed E-state index contributed by atoms with van der Waals surface area (Å²) in [4.78, 5) is 4.31. The van der Waals surface area contributed by atoms with Crippen molar-refractivity contribution in [2.24, 2.45) is 0 Å². The molecule has 0 atom stereocenters. The highest BCUT2D eigenvalue weighted by Crippen LogP contribution is 2.19. The number of nitrogens with one attached hydrogen (secondary N) is 1. The average Bonchev–Trinajstić information content (AvgIpc) is 2.76. The largest absolute Gasteiger partial charge is 0.381 e. The van der Waals surface area contributed by atoms with Crippen LogP contribution in [0.25, 0.3) is 0 Å². The molecular formula is C11H20N4O. The standard InChI is InChI=1S/C11H20N4O/c1-9(2)12-7-11-13-8-15(14-11)10-3-5-16-6-4-10/h8-10,12H,3-7H2,1-2H3. The number of nitrogens with zero attached hydrogens (tertiary/aromatic N) is 3. The fraction of sp³-hybridized carbons (Fsp3) is 0.818. The van der Waals surface area contributed by atoms with Gasteiger partial charge in [0.15, 0.2) is 5.82 Å². The van der Waals surface area contributed by atoms with E-state index < -0.39 is 0 Å². The van der Waals surface area contributed by atoms with Crippen molar-refractivity contribution >= 4 is 0 Å². The number of aromatic nitrogens is 3. The van der Waals surface area contributed by atoms with Crippen LogP contribution in [0.5, 0.6) is 0 Å². The molecule has 0 radical (unpaired) electrons. The molecule has 2 rings (SSSR count). The quantitative estimate of drug-likeness (QED) is 0.833. The van der Waals surface area contributed by atoms with E-state index in [0.29, 0.717) is 12.1 Å². The molecule has 0 aromatic carbocycles. The second-order valence-electron chi connectivity index (χ2n) is 4.52. The Hall–Kier alpha value is -0.940. The van der Waals surface area contributed by atoms with Crippen LogP contribution in [0, 0.1) is 0 Å². The summed E-state index contributed by atoms with van der Waals surface area (Å²) < 4.78 is 7.32. The third-order valence-electron chi connectivity index (χ3n) is 2.79. The van der Waals surface area contributed by atoms with Crippen molar-refractivity contribution in [1.29, 1.82) is 0 Å². The number of hydrogen-bond acceptors (Lipinski definition) is 4. The van der Waals surface area contributed by atoms with Crippen LogP contribution < -0.4 is 5.32 Å². The van der Waals surface area contributed by atoms with Gasteiger partial charge in [0.1, 0.15) is 6.33 Å². The summed E-state index contributed by atoms with van der Waals surface area (Å²) in [7, 11) is 0. The molecule has 1 aliphatic rings. The van der Waals surface area contributed by atoms with Gasteiger partial charge in [-0.15, -0.1) is 0 Å². The Morgan fingerprint density at radius 1 is 1.50 bits per heavy atom. The van der Waals surface area contributed by atoms with Crippen LogP contribution >= 0.6 is 0 Å². The minimum Gasteiger partial charge on any atom is -0.381 e. The lowest BCUT2D eigenvalue weighted by atomic mass is 10.1. The Morgan fingerprint density at radius 3 is 2.94 bits per heavy atom. The zero-order chi connectivity index (χ0) is 11.4. The Labute approximate surface area is 96.2 Å². The van der Waals surface area contributed by atoms with E-state index in [0.717, 1.165) is 38.4 Å². The van der Waals surface area contributed by atoms with E-state index >= 15 is 0 Å². The maximum Gasteiger partial charge on any atom is 0.164 e. The van der Waals surface area contributed by atoms with E-state index in [4.69, 9.17) is 4.74 Å². The molecule has 0 aliphatic carbocycles. The summed E-state index contributed by atoms with van der Waals surface area (Å²) in [5.41, 5.74) is 0. The number of hydrogen-bond donors (Lipinski definition) is 1. The Kier molecular flexibility index (Phi) is 3.90. The first-order valence-corrected chi connectivity index (χ1v) is 5.97. The third kappa shape index (κ3) is 3.02. The minimum atomic E-state index is 0.467. The lowest BCUT2D eigenvalue weighted by Crippen LogP contribution is -2.23. The van der Waals surface area contributed by atoms with Crippen LogP contribution in [0.4, 0.5) is 0 Å². The van der Waals surface area contributed by atoms with Crippen LogP contribution in [-0.2, 0) is 11.3 Å². The minimum absolute atomic E-state index is 0.467. The smallest absolute Gasteiger partial charge is 0.164 e. The van der Waals surface area contributed by atoms with Crippen molar-refractivity contribution < 1.29 is 4.74 Å². The molecule has 16 heavy (non-hydrogen) atoms. The van der Waals surface area contributed by atoms with E-state index in [-0.39, 0.29) is 0 Å². The van der Waals surface area contributed by atoms with Gasteiger partial charge in [0.2, 0.25) is 0 Å². The predicted octanol–water partition coefficient (Wildman–Crippen LogP) is 1.13. The first-order valence-electron chi connectivity index (χ1n) is 5.97. The molecule has 0 amide bonds. The van der Waals surface area contributed by atoms with Crippen LogP contribution in [0.15, 0.2) is 6.33 Å². The van der Waals surface area contributed by atoms with E-state index in [2.05, 4.69) is 29.2 Å². The average molecular weight is 224 g/mol. The Morgan fingerprint density at radius 2 is 2.25 bits per heavy atom. The van der Waals surface area contributed by atoms with Gasteiger partial charge in [-0.05, 0) is 12.8 Å². The molecule has 2 heterocycles. The summed E-state index contributed by atoms with van der Waals surface area (Å²) in [6.07, 6.45) is 3.92. The highest BCUT2D eigenvalue weighted by atomic mass is 16.5. The van der Waals surface area contributed by atoms with E-state index in [9.17, 15) is 0 Å². The predicted molar refractivity (Wildman–Crippen MR) is 61.1 cm³/mol. The molecule has 1 saturated heterocycles. The molecule has 1 aliphatic heterocycles. The third-order valence-corrected chi connectivity index (χ3v) is 2.79. The molecule has 1 N–H and O–H groups in total. The lowest BCUT2D eigenvalue weighted by Gasteiger charge is -2.21. The molecule has 5 nitrogen and oxygen atoms in total. The summed E-state index contributed by atoms with van der Waals surface area (Å²) in [5, 5.41) is 7.81. The van der Waals surface area contributed by atoms with Gasteiger partial charge in [0, 0.05) is 19.3 Å². The van der Waals surface area contributed by atoms with E-state index in [1.807, 2.05) is 11.0 Å². The highest BCUT2D eigenvalue weighted by Gasteiger charge is 2.16. The fourth-order valence-electron chi connectivity index (χ4n) is 1.81. The van der Waals surface area contributed by atoms with E-state index in [1.165, 1.54) is 0 Å². The number of rotatable bonds is 4. The summed E-state index contributed by atoms with van der Waals surface area (Å²) in [6.45, 7) is 6.66. The monoisotopic (exact) mass is 224 g/mol. The maximum absolute atomic E-state index is 5.33. The summed E-state index contributed by atoms with van der Waals surface area (Å²) in [5.74, 6) is 0.875. The highest BCUT2D eigenvalue weighted by molar-refractivity contribution is 4.84. The Balaban J connectivity index is 1.90. The van der Waals surface area contributed by atoms with Gasteiger partial charge >= 0.3 is 0 Å². The first-order chi connectivity index (χ1) is 7.75. The van der Waals surface area contributed by atoms with Crippen molar-refractivity contribution in [3.63, 3.8) is 0 Å². The normalized spacial score (nSPS) is 18.2. The molecule has 0 unspecified atom stereocenters. The van der Waals surface area contributed by atoms with Gasteiger partial charge in [-0.3, -0.25) is 0 Å². The van der Waals surface area contributed by atoms with E-state index in [1.54, 1.807) is 0 Å². The molecule has 90 valence electrons. The van der Waals surface area contributed by atoms with Crippen molar-refractivity contribution in [3.05, 3.63) is 12.2 Å². The summed E-state index contributed by atoms with van der Waals surface area (Å²) >= 11 is 0. The lowest BCUT2D eigenvalue weighted by molar-refractivity contribution is 0.0660. The maximum atomic E-state index is 5.33. The Bertz CT molecular complexity index is 318. The molecule has 5 heteroatoms. The topological polar surface area (TPSA) is 52.0 Å². The zero-order valence-electron chi connectivity index (χ0n) is 10.0. The molecule has 0 bridgehead atoms. The van der Waals surface area contributed by atoms with Crippen LogP contribution in [0.1, 0.15) is 38.6 Å². The van der Waals surface area contributed by atoms with Crippen molar-refractivity contribution in [2.45, 2.75) is 45.3 Å². The van der Waals surface area contributed by atoms with Gasteiger partial charge in [0.05, 0.1) is 12.6 Å². The zero-order valence-corrected chi connectivity index (χ0v) is 10.0. The van der Waals surface area contributed by atoms with Crippen LogP contribution in [-0.4, -0.2) is 34.0 Å². The van der Waals surface area contributed by atoms with Crippen LogP contribution in [0.3, 0.4) is 0 Å². The molecule has 1 fully saturated rings. The molecule has 1 aromatic heterocycles. The van der Waals surface area contributed by atoms with Gasteiger partial charge < -0.3 is 10.1 Å². The van der Waals surface area contributed by atoms with Gasteiger partial charge in [-0.1, -0.05) is 13.8 Å². The van der Waals surface area contributed by atoms with Crippen molar-refractivity contribution in [1.82, 2.24) is 20.1 Å². The van der Waals surface area contributed by atoms with Gasteiger partial charge in [-0.25, -0.2) is 9.67 Å². The van der Waals surface area contributed by atoms with Crippen molar-refractivity contribution in [3.8, 4) is 0 Å². The van der Waals surface area contributed by atoms with Gasteiger partial charge in [0.25, 0.3) is 0 Å².